The highest BCUT2D eigenvalue weighted by Gasteiger charge is 2.57. The lowest BCUT2D eigenvalue weighted by Gasteiger charge is -2.39. The second-order valence-corrected chi connectivity index (χ2v) is 10.4. The number of rotatable bonds is 6. The summed E-state index contributed by atoms with van der Waals surface area (Å²) in [6, 6.07) is 2.05. The third-order valence-electron chi connectivity index (χ3n) is 5.38. The van der Waals surface area contributed by atoms with Crippen LogP contribution >= 0.6 is 0 Å². The Labute approximate surface area is 167 Å². The van der Waals surface area contributed by atoms with Crippen molar-refractivity contribution in [1.82, 2.24) is 0 Å². The highest BCUT2D eigenvalue weighted by molar-refractivity contribution is 7.90. The summed E-state index contributed by atoms with van der Waals surface area (Å²) in [5.41, 5.74) is -3.29. The Balaban J connectivity index is 2.03. The van der Waals surface area contributed by atoms with Gasteiger partial charge in [0.15, 0.2) is 21.8 Å². The molecule has 0 radical (unpaired) electrons. The monoisotopic (exact) mass is 435 g/mol. The van der Waals surface area contributed by atoms with Gasteiger partial charge in [-0.25, -0.2) is 8.42 Å². The third kappa shape index (κ3) is 4.37. The summed E-state index contributed by atoms with van der Waals surface area (Å²) >= 11 is 0. The average Bonchev–Trinajstić information content (AvgIpc) is 3.22. The Hall–Kier alpha value is -1.81. The maximum atomic E-state index is 13.9. The van der Waals surface area contributed by atoms with Gasteiger partial charge in [0.1, 0.15) is 12.4 Å². The Kier molecular flexibility index (Phi) is 5.40. The number of halogens is 3. The largest absolute Gasteiger partial charge is 0.493 e. The van der Waals surface area contributed by atoms with Crippen molar-refractivity contribution < 1.29 is 36.2 Å². The van der Waals surface area contributed by atoms with E-state index in [1.807, 2.05) is 0 Å². The standard InChI is InChI=1S/C19H24F3NO5S/c1-17(2,10-18(24,19(20,21)22)8-13-9-27-11-23-13)15-7-14(29(3,25)26)6-12-4-5-28-16(12)15/h6-7,11,13,24H,4-5,8-10H2,1-3H3. The van der Waals surface area contributed by atoms with Crippen molar-refractivity contribution in [1.29, 1.82) is 0 Å². The lowest BCUT2D eigenvalue weighted by molar-refractivity contribution is -0.270. The van der Waals surface area contributed by atoms with E-state index in [4.69, 9.17) is 9.47 Å². The van der Waals surface area contributed by atoms with Crippen molar-refractivity contribution in [2.24, 2.45) is 4.99 Å². The summed E-state index contributed by atoms with van der Waals surface area (Å²) in [5, 5.41) is 10.7. The lowest BCUT2D eigenvalue weighted by atomic mass is 9.72. The molecular weight excluding hydrogens is 411 g/mol. The zero-order chi connectivity index (χ0) is 21.7. The van der Waals surface area contributed by atoms with E-state index < -0.39 is 45.9 Å². The third-order valence-corrected chi connectivity index (χ3v) is 6.48. The maximum Gasteiger partial charge on any atom is 0.417 e. The van der Waals surface area contributed by atoms with Gasteiger partial charge in [-0.05, 0) is 29.5 Å². The van der Waals surface area contributed by atoms with E-state index in [0.29, 0.717) is 29.9 Å². The van der Waals surface area contributed by atoms with Crippen molar-refractivity contribution in [3.8, 4) is 5.75 Å². The summed E-state index contributed by atoms with van der Waals surface area (Å²) in [4.78, 5) is 3.85. The van der Waals surface area contributed by atoms with E-state index in [1.54, 1.807) is 13.8 Å². The smallest absolute Gasteiger partial charge is 0.417 e. The van der Waals surface area contributed by atoms with Crippen molar-refractivity contribution in [3.05, 3.63) is 23.3 Å². The number of aliphatic hydroxyl groups is 1. The molecular formula is C19H24F3NO5S. The summed E-state index contributed by atoms with van der Waals surface area (Å²) in [7, 11) is -3.57. The molecule has 162 valence electrons. The van der Waals surface area contributed by atoms with Gasteiger partial charge in [-0.3, -0.25) is 4.99 Å². The van der Waals surface area contributed by atoms with Gasteiger partial charge in [-0.2, -0.15) is 13.2 Å². The molecule has 2 heterocycles. The van der Waals surface area contributed by atoms with Gasteiger partial charge in [0.05, 0.1) is 17.5 Å². The molecule has 0 bridgehead atoms. The molecule has 6 nitrogen and oxygen atoms in total. The van der Waals surface area contributed by atoms with Crippen LogP contribution in [0, 0.1) is 0 Å². The van der Waals surface area contributed by atoms with Crippen molar-refractivity contribution in [2.45, 2.75) is 61.2 Å². The molecule has 2 aliphatic heterocycles. The molecule has 2 aliphatic rings. The minimum atomic E-state index is -4.90. The first-order valence-electron chi connectivity index (χ1n) is 9.16. The highest BCUT2D eigenvalue weighted by atomic mass is 32.2. The maximum absolute atomic E-state index is 13.9. The molecule has 2 unspecified atom stereocenters. The quantitative estimate of drug-likeness (QED) is 0.743. The van der Waals surface area contributed by atoms with Gasteiger partial charge in [0.2, 0.25) is 0 Å². The van der Waals surface area contributed by atoms with E-state index in [1.165, 1.54) is 12.1 Å². The molecule has 0 aliphatic carbocycles. The van der Waals surface area contributed by atoms with Crippen LogP contribution < -0.4 is 4.74 Å². The van der Waals surface area contributed by atoms with Crippen LogP contribution in [0.25, 0.3) is 0 Å². The van der Waals surface area contributed by atoms with E-state index in [-0.39, 0.29) is 11.5 Å². The topological polar surface area (TPSA) is 85.2 Å². The zero-order valence-electron chi connectivity index (χ0n) is 16.4. The van der Waals surface area contributed by atoms with Gasteiger partial charge in [-0.15, -0.1) is 0 Å². The molecule has 10 heteroatoms. The summed E-state index contributed by atoms with van der Waals surface area (Å²) < 4.78 is 76.3. The molecule has 29 heavy (non-hydrogen) atoms. The molecule has 2 atom stereocenters. The van der Waals surface area contributed by atoms with Gasteiger partial charge < -0.3 is 14.6 Å². The second-order valence-electron chi connectivity index (χ2n) is 8.37. The Morgan fingerprint density at radius 1 is 1.28 bits per heavy atom. The van der Waals surface area contributed by atoms with Crippen LogP contribution in [0.15, 0.2) is 22.0 Å². The molecule has 0 fully saturated rings. The summed E-state index contributed by atoms with van der Waals surface area (Å²) in [6.07, 6.45) is -3.63. The molecule has 1 N–H and O–H groups in total. The number of sulfone groups is 1. The van der Waals surface area contributed by atoms with E-state index in [0.717, 1.165) is 12.7 Å². The van der Waals surface area contributed by atoms with Crippen molar-refractivity contribution in [3.63, 3.8) is 0 Å². The second kappa shape index (κ2) is 7.16. The number of nitrogens with zero attached hydrogens (tertiary/aromatic N) is 1. The fraction of sp³-hybridized carbons (Fsp3) is 0.632. The van der Waals surface area contributed by atoms with Crippen LogP contribution in [0.5, 0.6) is 5.75 Å². The molecule has 3 rings (SSSR count). The molecule has 0 saturated carbocycles. The number of ether oxygens (including phenoxy) is 2. The van der Waals surface area contributed by atoms with Gasteiger partial charge in [0, 0.05) is 24.7 Å². The number of benzene rings is 1. The first kappa shape index (κ1) is 21.9. The fourth-order valence-electron chi connectivity index (χ4n) is 3.94. The van der Waals surface area contributed by atoms with Crippen molar-refractivity contribution in [2.75, 3.05) is 19.5 Å². The van der Waals surface area contributed by atoms with Crippen LogP contribution in [0.4, 0.5) is 13.2 Å². The zero-order valence-corrected chi connectivity index (χ0v) is 17.2. The number of hydrogen-bond acceptors (Lipinski definition) is 6. The molecule has 0 aromatic heterocycles. The fourth-order valence-corrected chi connectivity index (χ4v) is 4.63. The number of hydrogen-bond donors (Lipinski definition) is 1. The van der Waals surface area contributed by atoms with Crippen LogP contribution in [-0.2, 0) is 26.4 Å². The number of alkyl halides is 3. The SMILES string of the molecule is CC(C)(CC(O)(CC1COC=N1)C(F)(F)F)c1cc(S(C)(=O)=O)cc2c1OCC2. The lowest BCUT2D eigenvalue weighted by Crippen LogP contribution is -2.51. The number of fused-ring (bicyclic) bond motifs is 1. The molecule has 1 aromatic carbocycles. The van der Waals surface area contributed by atoms with Crippen molar-refractivity contribution >= 4 is 16.2 Å². The first-order chi connectivity index (χ1) is 13.2. The Morgan fingerprint density at radius 3 is 2.52 bits per heavy atom. The van der Waals surface area contributed by atoms with Crippen LogP contribution in [0.3, 0.4) is 0 Å². The minimum absolute atomic E-state index is 0.0224. The van der Waals surface area contributed by atoms with Crippen LogP contribution in [0.1, 0.15) is 37.8 Å². The number of aliphatic imine (C=N–C) groups is 1. The molecule has 1 aromatic rings. The van der Waals surface area contributed by atoms with Crippen LogP contribution in [0.2, 0.25) is 0 Å². The minimum Gasteiger partial charge on any atom is -0.493 e. The van der Waals surface area contributed by atoms with Gasteiger partial charge in [0.25, 0.3) is 0 Å². The Morgan fingerprint density at radius 2 is 1.97 bits per heavy atom. The molecule has 0 spiro atoms. The van der Waals surface area contributed by atoms with Crippen LogP contribution in [-0.4, -0.2) is 57.2 Å². The molecule has 0 saturated heterocycles. The van der Waals surface area contributed by atoms with E-state index in [2.05, 4.69) is 4.99 Å². The predicted octanol–water partition coefficient (Wildman–Crippen LogP) is 2.80. The van der Waals surface area contributed by atoms with Gasteiger partial charge in [-0.1, -0.05) is 13.8 Å². The Bertz CT molecular complexity index is 927. The average molecular weight is 435 g/mol. The molecule has 0 amide bonds. The van der Waals surface area contributed by atoms with Gasteiger partial charge >= 0.3 is 6.18 Å². The predicted molar refractivity (Wildman–Crippen MR) is 100 cm³/mol. The van der Waals surface area contributed by atoms with E-state index >= 15 is 0 Å². The first-order valence-corrected chi connectivity index (χ1v) is 11.0. The highest BCUT2D eigenvalue weighted by Crippen LogP contribution is 2.48. The van der Waals surface area contributed by atoms with E-state index in [9.17, 15) is 26.7 Å². The summed E-state index contributed by atoms with van der Waals surface area (Å²) in [5.74, 6) is 0.397. The summed E-state index contributed by atoms with van der Waals surface area (Å²) in [6.45, 7) is 3.38. The normalized spacial score (nSPS) is 21.4.